The molecule has 1 heterocycles. The van der Waals surface area contributed by atoms with Crippen molar-refractivity contribution in [2.75, 3.05) is 27.2 Å². The standard InChI is InChI=1S/C18H26N4O/c1-5-7-17-16(18(23)19-10-11-21(3)4)13-20-22(17)15-9-6-8-14(2)12-15/h6,8-9,12-13H,5,7,10-11H2,1-4H3,(H,19,23). The van der Waals surface area contributed by atoms with E-state index in [0.29, 0.717) is 12.1 Å². The van der Waals surface area contributed by atoms with Gasteiger partial charge in [0.15, 0.2) is 0 Å². The summed E-state index contributed by atoms with van der Waals surface area (Å²) >= 11 is 0. The first-order chi connectivity index (χ1) is 11.0. The van der Waals surface area contributed by atoms with E-state index in [-0.39, 0.29) is 5.91 Å². The highest BCUT2D eigenvalue weighted by Crippen LogP contribution is 2.18. The molecule has 0 aliphatic heterocycles. The number of likely N-dealkylation sites (N-methyl/N-ethyl adjacent to an activating group) is 1. The molecule has 0 fully saturated rings. The highest BCUT2D eigenvalue weighted by Gasteiger charge is 2.17. The molecule has 1 aromatic heterocycles. The smallest absolute Gasteiger partial charge is 0.254 e. The van der Waals surface area contributed by atoms with Crippen molar-refractivity contribution in [3.05, 3.63) is 47.3 Å². The molecular formula is C18H26N4O. The van der Waals surface area contributed by atoms with Crippen LogP contribution in [0, 0.1) is 6.92 Å². The number of aromatic nitrogens is 2. The molecule has 23 heavy (non-hydrogen) atoms. The van der Waals surface area contributed by atoms with E-state index in [9.17, 15) is 4.79 Å². The second-order valence-electron chi connectivity index (χ2n) is 6.06. The summed E-state index contributed by atoms with van der Waals surface area (Å²) in [7, 11) is 3.98. The molecule has 0 spiro atoms. The second-order valence-corrected chi connectivity index (χ2v) is 6.06. The molecule has 1 aromatic carbocycles. The molecule has 1 amide bonds. The molecule has 2 rings (SSSR count). The fourth-order valence-corrected chi connectivity index (χ4v) is 2.51. The Morgan fingerprint density at radius 3 is 2.78 bits per heavy atom. The third kappa shape index (κ3) is 4.42. The van der Waals surface area contributed by atoms with E-state index in [4.69, 9.17) is 0 Å². The molecular weight excluding hydrogens is 288 g/mol. The Bertz CT molecular complexity index is 661. The van der Waals surface area contributed by atoms with E-state index in [1.807, 2.05) is 35.8 Å². The summed E-state index contributed by atoms with van der Waals surface area (Å²) in [6.07, 6.45) is 3.47. The number of carbonyl (C=O) groups is 1. The Labute approximate surface area is 138 Å². The van der Waals surface area contributed by atoms with Crippen molar-refractivity contribution in [3.63, 3.8) is 0 Å². The van der Waals surface area contributed by atoms with Crippen molar-refractivity contribution in [3.8, 4) is 5.69 Å². The largest absolute Gasteiger partial charge is 0.351 e. The molecule has 0 radical (unpaired) electrons. The van der Waals surface area contributed by atoms with Crippen LogP contribution in [0.15, 0.2) is 30.5 Å². The first kappa shape index (κ1) is 17.2. The van der Waals surface area contributed by atoms with Crippen LogP contribution in [0.3, 0.4) is 0 Å². The first-order valence-electron chi connectivity index (χ1n) is 8.09. The van der Waals surface area contributed by atoms with Crippen molar-refractivity contribution >= 4 is 5.91 Å². The van der Waals surface area contributed by atoms with E-state index in [1.165, 1.54) is 5.56 Å². The van der Waals surface area contributed by atoms with Crippen LogP contribution >= 0.6 is 0 Å². The third-order valence-electron chi connectivity index (χ3n) is 3.69. The minimum atomic E-state index is -0.0470. The number of amides is 1. The lowest BCUT2D eigenvalue weighted by Gasteiger charge is -2.12. The molecule has 0 atom stereocenters. The maximum atomic E-state index is 12.5. The van der Waals surface area contributed by atoms with Gasteiger partial charge >= 0.3 is 0 Å². The van der Waals surface area contributed by atoms with Crippen LogP contribution in [-0.2, 0) is 6.42 Å². The molecule has 0 unspecified atom stereocenters. The lowest BCUT2D eigenvalue weighted by molar-refractivity contribution is 0.0950. The Hall–Kier alpha value is -2.14. The van der Waals surface area contributed by atoms with Gasteiger partial charge in [0.05, 0.1) is 23.1 Å². The van der Waals surface area contributed by atoms with Gasteiger partial charge in [-0.3, -0.25) is 4.79 Å². The number of hydrogen-bond donors (Lipinski definition) is 1. The number of nitrogens with one attached hydrogen (secondary N) is 1. The maximum absolute atomic E-state index is 12.5. The van der Waals surface area contributed by atoms with Crippen LogP contribution in [-0.4, -0.2) is 47.8 Å². The van der Waals surface area contributed by atoms with Crippen molar-refractivity contribution in [2.24, 2.45) is 0 Å². The minimum absolute atomic E-state index is 0.0470. The van der Waals surface area contributed by atoms with E-state index >= 15 is 0 Å². The van der Waals surface area contributed by atoms with Crippen LogP contribution < -0.4 is 5.32 Å². The number of benzene rings is 1. The number of aryl methyl sites for hydroxylation is 1. The number of rotatable bonds is 7. The monoisotopic (exact) mass is 314 g/mol. The van der Waals surface area contributed by atoms with Crippen molar-refractivity contribution in [1.82, 2.24) is 20.0 Å². The predicted octanol–water partition coefficient (Wildman–Crippen LogP) is 2.42. The van der Waals surface area contributed by atoms with Gasteiger partial charge in [0.1, 0.15) is 0 Å². The fourth-order valence-electron chi connectivity index (χ4n) is 2.51. The van der Waals surface area contributed by atoms with Gasteiger partial charge < -0.3 is 10.2 Å². The van der Waals surface area contributed by atoms with Gasteiger partial charge in [-0.25, -0.2) is 4.68 Å². The van der Waals surface area contributed by atoms with Gasteiger partial charge in [0.25, 0.3) is 5.91 Å². The van der Waals surface area contributed by atoms with Crippen LogP contribution in [0.2, 0.25) is 0 Å². The zero-order valence-corrected chi connectivity index (χ0v) is 14.5. The molecule has 0 saturated carbocycles. The van der Waals surface area contributed by atoms with Gasteiger partial charge in [-0.15, -0.1) is 0 Å². The molecule has 124 valence electrons. The normalized spacial score (nSPS) is 11.0. The van der Waals surface area contributed by atoms with Crippen molar-refractivity contribution in [1.29, 1.82) is 0 Å². The number of nitrogens with zero attached hydrogens (tertiary/aromatic N) is 3. The molecule has 0 saturated heterocycles. The van der Waals surface area contributed by atoms with Gasteiger partial charge in [-0.2, -0.15) is 5.10 Å². The number of hydrogen-bond acceptors (Lipinski definition) is 3. The van der Waals surface area contributed by atoms with Crippen LogP contribution in [0.5, 0.6) is 0 Å². The molecule has 0 aliphatic carbocycles. The van der Waals surface area contributed by atoms with Gasteiger partial charge in [0.2, 0.25) is 0 Å². The topological polar surface area (TPSA) is 50.2 Å². The summed E-state index contributed by atoms with van der Waals surface area (Å²) in [5, 5.41) is 7.43. The average Bonchev–Trinajstić information content (AvgIpc) is 2.91. The minimum Gasteiger partial charge on any atom is -0.351 e. The second kappa shape index (κ2) is 7.92. The Balaban J connectivity index is 2.25. The summed E-state index contributed by atoms with van der Waals surface area (Å²) < 4.78 is 1.89. The summed E-state index contributed by atoms with van der Waals surface area (Å²) in [5.74, 6) is -0.0470. The summed E-state index contributed by atoms with van der Waals surface area (Å²) in [6, 6.07) is 8.17. The Morgan fingerprint density at radius 2 is 2.13 bits per heavy atom. The van der Waals surface area contributed by atoms with E-state index in [2.05, 4.69) is 36.4 Å². The quantitative estimate of drug-likeness (QED) is 0.854. The molecule has 0 aliphatic rings. The third-order valence-corrected chi connectivity index (χ3v) is 3.69. The van der Waals surface area contributed by atoms with Crippen molar-refractivity contribution in [2.45, 2.75) is 26.7 Å². The molecule has 0 bridgehead atoms. The van der Waals surface area contributed by atoms with E-state index in [1.54, 1.807) is 6.20 Å². The first-order valence-corrected chi connectivity index (χ1v) is 8.09. The van der Waals surface area contributed by atoms with Crippen molar-refractivity contribution < 1.29 is 4.79 Å². The summed E-state index contributed by atoms with van der Waals surface area (Å²) in [5.41, 5.74) is 3.82. The van der Waals surface area contributed by atoms with Crippen LogP contribution in [0.4, 0.5) is 0 Å². The molecule has 1 N–H and O–H groups in total. The predicted molar refractivity (Wildman–Crippen MR) is 93.2 cm³/mol. The van der Waals surface area contributed by atoms with E-state index in [0.717, 1.165) is 30.8 Å². The highest BCUT2D eigenvalue weighted by atomic mass is 16.1. The Morgan fingerprint density at radius 1 is 1.35 bits per heavy atom. The molecule has 2 aromatic rings. The Kier molecular flexibility index (Phi) is 5.93. The summed E-state index contributed by atoms with van der Waals surface area (Å²) in [4.78, 5) is 14.5. The lowest BCUT2D eigenvalue weighted by Crippen LogP contribution is -2.31. The van der Waals surface area contributed by atoms with Gasteiger partial charge in [-0.1, -0.05) is 25.5 Å². The van der Waals surface area contributed by atoms with Crippen LogP contribution in [0.25, 0.3) is 5.69 Å². The number of carbonyl (C=O) groups excluding carboxylic acids is 1. The maximum Gasteiger partial charge on any atom is 0.254 e. The van der Waals surface area contributed by atoms with Gasteiger partial charge in [-0.05, 0) is 45.1 Å². The van der Waals surface area contributed by atoms with Gasteiger partial charge in [0, 0.05) is 13.1 Å². The fraction of sp³-hybridized carbons (Fsp3) is 0.444. The van der Waals surface area contributed by atoms with E-state index < -0.39 is 0 Å². The zero-order chi connectivity index (χ0) is 16.8. The molecule has 5 nitrogen and oxygen atoms in total. The zero-order valence-electron chi connectivity index (χ0n) is 14.5. The molecule has 5 heteroatoms. The highest BCUT2D eigenvalue weighted by molar-refractivity contribution is 5.95. The SMILES string of the molecule is CCCc1c(C(=O)NCCN(C)C)cnn1-c1cccc(C)c1. The average molecular weight is 314 g/mol. The van der Waals surface area contributed by atoms with Crippen LogP contribution in [0.1, 0.15) is 35.0 Å². The lowest BCUT2D eigenvalue weighted by atomic mass is 10.1. The summed E-state index contributed by atoms with van der Waals surface area (Å²) in [6.45, 7) is 5.62.